The Hall–Kier alpha value is -3.44. The van der Waals surface area contributed by atoms with E-state index in [0.29, 0.717) is 0 Å². The van der Waals surface area contributed by atoms with Gasteiger partial charge in [-0.1, -0.05) is 46.3 Å². The third kappa shape index (κ3) is 2.10. The smallest absolute Gasteiger partial charge is 0.187 e. The molecule has 0 saturated carbocycles. The zero-order valence-corrected chi connectivity index (χ0v) is 17.4. The topological polar surface area (TPSA) is 31.6 Å². The largest absolute Gasteiger partial charge is 0.456 e. The van der Waals surface area contributed by atoms with Crippen molar-refractivity contribution in [1.29, 1.82) is 0 Å². The zero-order chi connectivity index (χ0) is 19.8. The van der Waals surface area contributed by atoms with Crippen molar-refractivity contribution in [2.24, 2.45) is 0 Å². The molecule has 0 saturated heterocycles. The van der Waals surface area contributed by atoms with Crippen molar-refractivity contribution >= 4 is 66.3 Å². The first-order valence-corrected chi connectivity index (χ1v) is 10.7. The van der Waals surface area contributed by atoms with E-state index in [1.807, 2.05) is 12.1 Å². The Kier molecular flexibility index (Phi) is 3.16. The Bertz CT molecular complexity index is 1470. The summed E-state index contributed by atoms with van der Waals surface area (Å²) in [5, 5.41) is 5.98. The molecule has 1 atom stereocenters. The maximum atomic E-state index is 6.04. The Balaban J connectivity index is 1.46. The van der Waals surface area contributed by atoms with Crippen LogP contribution in [-0.2, 0) is 0 Å². The van der Waals surface area contributed by atoms with E-state index in [0.717, 1.165) is 37.8 Å². The molecule has 1 N–H and O–H groups in total. The second-order valence-electron chi connectivity index (χ2n) is 7.69. The van der Waals surface area contributed by atoms with Crippen LogP contribution in [-0.4, -0.2) is 6.29 Å². The number of benzene rings is 4. The molecular formula is C25H16BrN3O. The van der Waals surface area contributed by atoms with Crippen LogP contribution in [0.2, 0.25) is 0 Å². The van der Waals surface area contributed by atoms with Gasteiger partial charge in [0, 0.05) is 20.9 Å². The van der Waals surface area contributed by atoms with Gasteiger partial charge in [0.15, 0.2) is 6.29 Å². The van der Waals surface area contributed by atoms with Crippen LogP contribution in [0.3, 0.4) is 0 Å². The summed E-state index contributed by atoms with van der Waals surface area (Å²) in [6.45, 7) is 0. The van der Waals surface area contributed by atoms with E-state index in [4.69, 9.17) is 4.42 Å². The number of halogens is 1. The first-order chi connectivity index (χ1) is 14.8. The van der Waals surface area contributed by atoms with Crippen LogP contribution in [0.15, 0.2) is 93.8 Å². The SMILES string of the molecule is Brc1ccc2c(c1)N1c3ccccc3NC1N2c1ccc2oc3ccccc3c2c1. The summed E-state index contributed by atoms with van der Waals surface area (Å²) in [5.41, 5.74) is 7.66. The van der Waals surface area contributed by atoms with E-state index < -0.39 is 0 Å². The van der Waals surface area contributed by atoms with Crippen molar-refractivity contribution in [2.75, 3.05) is 15.1 Å². The minimum absolute atomic E-state index is 0.0117. The van der Waals surface area contributed by atoms with Crippen LogP contribution >= 0.6 is 15.9 Å². The Morgan fingerprint density at radius 3 is 2.50 bits per heavy atom. The van der Waals surface area contributed by atoms with Crippen molar-refractivity contribution < 1.29 is 4.42 Å². The van der Waals surface area contributed by atoms with E-state index in [1.54, 1.807) is 0 Å². The molecule has 0 radical (unpaired) electrons. The normalized spacial score (nSPS) is 16.6. The zero-order valence-electron chi connectivity index (χ0n) is 15.8. The summed E-state index contributed by atoms with van der Waals surface area (Å²) in [6, 6.07) is 29.6. The summed E-state index contributed by atoms with van der Waals surface area (Å²) in [7, 11) is 0. The molecule has 5 aromatic rings. The van der Waals surface area contributed by atoms with Crippen LogP contribution in [0, 0.1) is 0 Å². The minimum Gasteiger partial charge on any atom is -0.456 e. The summed E-state index contributed by atoms with van der Waals surface area (Å²) in [4.78, 5) is 4.73. The average molecular weight is 454 g/mol. The van der Waals surface area contributed by atoms with Crippen molar-refractivity contribution in [2.45, 2.75) is 6.29 Å². The molecule has 0 bridgehead atoms. The van der Waals surface area contributed by atoms with E-state index in [9.17, 15) is 0 Å². The van der Waals surface area contributed by atoms with Crippen molar-refractivity contribution in [3.8, 4) is 0 Å². The third-order valence-corrected chi connectivity index (χ3v) is 6.53. The van der Waals surface area contributed by atoms with Gasteiger partial charge >= 0.3 is 0 Å². The summed E-state index contributed by atoms with van der Waals surface area (Å²) in [6.07, 6.45) is -0.0117. The van der Waals surface area contributed by atoms with Crippen LogP contribution in [0.1, 0.15) is 0 Å². The van der Waals surface area contributed by atoms with E-state index in [1.165, 1.54) is 17.1 Å². The summed E-state index contributed by atoms with van der Waals surface area (Å²) >= 11 is 3.65. The van der Waals surface area contributed by atoms with Gasteiger partial charge in [-0.15, -0.1) is 0 Å². The number of nitrogens with zero attached hydrogens (tertiary/aromatic N) is 2. The van der Waals surface area contributed by atoms with Crippen molar-refractivity contribution in [3.05, 3.63) is 89.4 Å². The lowest BCUT2D eigenvalue weighted by atomic mass is 10.1. The number of fused-ring (bicyclic) bond motifs is 8. The van der Waals surface area contributed by atoms with Crippen LogP contribution < -0.4 is 15.1 Å². The highest BCUT2D eigenvalue weighted by molar-refractivity contribution is 9.10. The molecule has 2 aliphatic rings. The van der Waals surface area contributed by atoms with Crippen molar-refractivity contribution in [3.63, 3.8) is 0 Å². The first-order valence-electron chi connectivity index (χ1n) is 9.93. The van der Waals surface area contributed by atoms with Gasteiger partial charge in [-0.3, -0.25) is 4.90 Å². The molecule has 7 rings (SSSR count). The van der Waals surface area contributed by atoms with Crippen molar-refractivity contribution in [1.82, 2.24) is 0 Å². The fourth-order valence-electron chi connectivity index (χ4n) is 4.75. The highest BCUT2D eigenvalue weighted by Gasteiger charge is 2.42. The van der Waals surface area contributed by atoms with Gasteiger partial charge in [-0.2, -0.15) is 0 Å². The quantitative estimate of drug-likeness (QED) is 0.287. The molecule has 5 heteroatoms. The molecule has 3 heterocycles. The number of hydrogen-bond acceptors (Lipinski definition) is 4. The van der Waals surface area contributed by atoms with Crippen LogP contribution in [0.5, 0.6) is 0 Å². The number of hydrogen-bond donors (Lipinski definition) is 1. The monoisotopic (exact) mass is 453 g/mol. The van der Waals surface area contributed by atoms with Gasteiger partial charge in [0.25, 0.3) is 0 Å². The lowest BCUT2D eigenvalue weighted by Crippen LogP contribution is -2.40. The molecule has 30 heavy (non-hydrogen) atoms. The molecule has 4 nitrogen and oxygen atoms in total. The molecular weight excluding hydrogens is 438 g/mol. The highest BCUT2D eigenvalue weighted by Crippen LogP contribution is 2.53. The van der Waals surface area contributed by atoms with Gasteiger partial charge in [0.1, 0.15) is 11.2 Å². The fraction of sp³-hybridized carbons (Fsp3) is 0.0400. The molecule has 0 spiro atoms. The van der Waals surface area contributed by atoms with Gasteiger partial charge in [0.05, 0.1) is 22.7 Å². The lowest BCUT2D eigenvalue weighted by molar-refractivity contribution is 0.669. The Labute approximate surface area is 181 Å². The summed E-state index contributed by atoms with van der Waals surface area (Å²) < 4.78 is 7.11. The Morgan fingerprint density at radius 2 is 1.53 bits per heavy atom. The molecule has 0 fully saturated rings. The molecule has 0 amide bonds. The average Bonchev–Trinajstić information content (AvgIpc) is 3.41. The number of anilines is 5. The number of furan rings is 1. The van der Waals surface area contributed by atoms with E-state index in [2.05, 4.69) is 104 Å². The third-order valence-electron chi connectivity index (χ3n) is 6.03. The van der Waals surface area contributed by atoms with Gasteiger partial charge < -0.3 is 14.6 Å². The molecule has 144 valence electrons. The molecule has 4 aromatic carbocycles. The van der Waals surface area contributed by atoms with Crippen LogP contribution in [0.4, 0.5) is 28.4 Å². The maximum Gasteiger partial charge on any atom is 0.187 e. The molecule has 1 aromatic heterocycles. The van der Waals surface area contributed by atoms with E-state index in [-0.39, 0.29) is 6.29 Å². The second-order valence-corrected chi connectivity index (χ2v) is 8.60. The number of para-hydroxylation sites is 3. The molecule has 0 aliphatic carbocycles. The fourth-order valence-corrected chi connectivity index (χ4v) is 5.10. The predicted octanol–water partition coefficient (Wildman–Crippen LogP) is 7.35. The lowest BCUT2D eigenvalue weighted by Gasteiger charge is -2.27. The minimum atomic E-state index is -0.0117. The number of nitrogens with one attached hydrogen (secondary N) is 1. The van der Waals surface area contributed by atoms with E-state index >= 15 is 0 Å². The first kappa shape index (κ1) is 16.4. The predicted molar refractivity (Wildman–Crippen MR) is 126 cm³/mol. The summed E-state index contributed by atoms with van der Waals surface area (Å²) in [5.74, 6) is 0. The second kappa shape index (κ2) is 5.80. The van der Waals surface area contributed by atoms with Crippen LogP contribution in [0.25, 0.3) is 21.9 Å². The molecule has 1 unspecified atom stereocenters. The maximum absolute atomic E-state index is 6.04. The van der Waals surface area contributed by atoms with Gasteiger partial charge in [-0.25, -0.2) is 0 Å². The standard InChI is InChI=1S/C25H16BrN3O/c26-15-9-11-21-22(13-15)29-20-7-3-2-6-19(20)27-25(29)28(21)16-10-12-24-18(14-16)17-5-1-4-8-23(17)30-24/h1-14,25,27H. The number of rotatable bonds is 1. The molecule has 2 aliphatic heterocycles. The Morgan fingerprint density at radius 1 is 0.700 bits per heavy atom. The van der Waals surface area contributed by atoms with Gasteiger partial charge in [0.2, 0.25) is 0 Å². The highest BCUT2D eigenvalue weighted by atomic mass is 79.9. The van der Waals surface area contributed by atoms with Gasteiger partial charge in [-0.05, 0) is 54.6 Å².